The fourth-order valence-corrected chi connectivity index (χ4v) is 4.95. The average Bonchev–Trinajstić information content (AvgIpc) is 3.08. The molecular formula is C16H27N3O4S2. The van der Waals surface area contributed by atoms with Crippen LogP contribution in [-0.4, -0.2) is 76.6 Å². The Labute approximate surface area is 154 Å². The monoisotopic (exact) mass is 389 g/mol. The number of carbonyl (C=O) groups excluding carboxylic acids is 1. The van der Waals surface area contributed by atoms with Crippen LogP contribution in [0.4, 0.5) is 0 Å². The van der Waals surface area contributed by atoms with Gasteiger partial charge in [-0.15, -0.1) is 11.3 Å². The van der Waals surface area contributed by atoms with Crippen molar-refractivity contribution in [3.05, 3.63) is 17.0 Å². The van der Waals surface area contributed by atoms with Crippen LogP contribution in [0.3, 0.4) is 0 Å². The van der Waals surface area contributed by atoms with Crippen molar-refractivity contribution in [1.29, 1.82) is 0 Å². The van der Waals surface area contributed by atoms with Gasteiger partial charge in [0.1, 0.15) is 4.21 Å². The molecule has 1 fully saturated rings. The van der Waals surface area contributed by atoms with E-state index in [4.69, 9.17) is 4.74 Å². The average molecular weight is 390 g/mol. The van der Waals surface area contributed by atoms with E-state index >= 15 is 0 Å². The van der Waals surface area contributed by atoms with Gasteiger partial charge < -0.3 is 9.64 Å². The van der Waals surface area contributed by atoms with Crippen LogP contribution in [0.5, 0.6) is 0 Å². The predicted octanol–water partition coefficient (Wildman–Crippen LogP) is 0.770. The minimum absolute atomic E-state index is 0.0446. The summed E-state index contributed by atoms with van der Waals surface area (Å²) in [6, 6.07) is 3.47. The molecule has 1 saturated heterocycles. The van der Waals surface area contributed by atoms with E-state index in [0.717, 1.165) is 44.1 Å². The maximum atomic E-state index is 12.3. The summed E-state index contributed by atoms with van der Waals surface area (Å²) in [6.45, 7) is 8.65. The molecule has 0 aromatic carbocycles. The van der Waals surface area contributed by atoms with Gasteiger partial charge >= 0.3 is 0 Å². The molecule has 0 bridgehead atoms. The maximum Gasteiger partial charge on any atom is 0.250 e. The zero-order chi connectivity index (χ0) is 18.3. The molecule has 1 aromatic rings. The van der Waals surface area contributed by atoms with Crippen molar-refractivity contribution in [2.45, 2.75) is 24.5 Å². The number of nitrogens with zero attached hydrogens (tertiary/aromatic N) is 2. The number of aryl methyl sites for hydroxylation is 1. The van der Waals surface area contributed by atoms with Gasteiger partial charge in [-0.25, -0.2) is 13.1 Å². The Kier molecular flexibility index (Phi) is 7.82. The molecular weight excluding hydrogens is 362 g/mol. The molecule has 0 aliphatic carbocycles. The van der Waals surface area contributed by atoms with E-state index in [1.165, 1.54) is 18.3 Å². The minimum atomic E-state index is -3.50. The fraction of sp³-hybridized carbons (Fsp3) is 0.688. The number of sulfonamides is 1. The SMILES string of the molecule is CCc1ccc(S(=O)(=O)NCCN(CCN2CCOCC2)C(C)=O)s1. The van der Waals surface area contributed by atoms with Crippen molar-refractivity contribution >= 4 is 27.3 Å². The van der Waals surface area contributed by atoms with Crippen molar-refractivity contribution in [1.82, 2.24) is 14.5 Å². The topological polar surface area (TPSA) is 79.0 Å². The van der Waals surface area contributed by atoms with E-state index < -0.39 is 10.0 Å². The van der Waals surface area contributed by atoms with Gasteiger partial charge in [-0.2, -0.15) is 0 Å². The normalized spacial score (nSPS) is 16.1. The summed E-state index contributed by atoms with van der Waals surface area (Å²) in [5.41, 5.74) is 0. The molecule has 7 nitrogen and oxygen atoms in total. The van der Waals surface area contributed by atoms with Gasteiger partial charge in [0, 0.05) is 51.1 Å². The van der Waals surface area contributed by atoms with Gasteiger partial charge in [-0.1, -0.05) is 6.92 Å². The van der Waals surface area contributed by atoms with Gasteiger partial charge in [0.05, 0.1) is 13.2 Å². The summed E-state index contributed by atoms with van der Waals surface area (Å²) < 4.78 is 32.8. The van der Waals surface area contributed by atoms with E-state index in [-0.39, 0.29) is 12.5 Å². The van der Waals surface area contributed by atoms with Crippen molar-refractivity contribution in [3.63, 3.8) is 0 Å². The molecule has 1 aromatic heterocycles. The Hall–Kier alpha value is -1.00. The molecule has 1 aliphatic rings. The third-order valence-corrected chi connectivity index (χ3v) is 7.34. The summed E-state index contributed by atoms with van der Waals surface area (Å²) in [5, 5.41) is 0. The third kappa shape index (κ3) is 6.34. The summed E-state index contributed by atoms with van der Waals surface area (Å²) in [4.78, 5) is 16.8. The number of amides is 1. The lowest BCUT2D eigenvalue weighted by Gasteiger charge is -2.29. The number of morpholine rings is 1. The second kappa shape index (κ2) is 9.63. The Morgan fingerprint density at radius 2 is 2.04 bits per heavy atom. The molecule has 1 N–H and O–H groups in total. The minimum Gasteiger partial charge on any atom is -0.379 e. The second-order valence-corrected chi connectivity index (χ2v) is 9.09. The number of hydrogen-bond donors (Lipinski definition) is 1. The smallest absolute Gasteiger partial charge is 0.250 e. The molecule has 1 aliphatic heterocycles. The van der Waals surface area contributed by atoms with Crippen LogP contribution in [0.1, 0.15) is 18.7 Å². The number of ether oxygens (including phenoxy) is 1. The van der Waals surface area contributed by atoms with Gasteiger partial charge in [0.15, 0.2) is 0 Å². The van der Waals surface area contributed by atoms with Crippen LogP contribution in [-0.2, 0) is 26.0 Å². The van der Waals surface area contributed by atoms with Crippen LogP contribution < -0.4 is 4.72 Å². The Morgan fingerprint density at radius 1 is 1.32 bits per heavy atom. The number of rotatable bonds is 9. The van der Waals surface area contributed by atoms with Gasteiger partial charge in [-0.3, -0.25) is 9.69 Å². The second-order valence-electron chi connectivity index (χ2n) is 5.93. The van der Waals surface area contributed by atoms with Crippen LogP contribution in [0.25, 0.3) is 0 Å². The molecule has 2 heterocycles. The van der Waals surface area contributed by atoms with Crippen molar-refractivity contribution in [3.8, 4) is 0 Å². The highest BCUT2D eigenvalue weighted by Gasteiger charge is 2.18. The first-order valence-corrected chi connectivity index (χ1v) is 10.9. The van der Waals surface area contributed by atoms with Crippen LogP contribution in [0, 0.1) is 0 Å². The van der Waals surface area contributed by atoms with Crippen molar-refractivity contribution < 1.29 is 17.9 Å². The van der Waals surface area contributed by atoms with Crippen molar-refractivity contribution in [2.24, 2.45) is 0 Å². The lowest BCUT2D eigenvalue weighted by Crippen LogP contribution is -2.44. The molecule has 0 unspecified atom stereocenters. The quantitative estimate of drug-likeness (QED) is 0.675. The predicted molar refractivity (Wildman–Crippen MR) is 98.4 cm³/mol. The fourth-order valence-electron chi connectivity index (χ4n) is 2.59. The Bertz CT molecular complexity index is 654. The lowest BCUT2D eigenvalue weighted by molar-refractivity contribution is -0.129. The molecule has 25 heavy (non-hydrogen) atoms. The van der Waals surface area contributed by atoms with E-state index in [2.05, 4.69) is 9.62 Å². The molecule has 9 heteroatoms. The third-order valence-electron chi connectivity index (χ3n) is 4.16. The lowest BCUT2D eigenvalue weighted by atomic mass is 10.3. The van der Waals surface area contributed by atoms with E-state index in [1.807, 2.05) is 13.0 Å². The van der Waals surface area contributed by atoms with Gasteiger partial charge in [-0.05, 0) is 18.6 Å². The Morgan fingerprint density at radius 3 is 2.64 bits per heavy atom. The summed E-state index contributed by atoms with van der Waals surface area (Å²) >= 11 is 1.28. The molecule has 1 amide bonds. The van der Waals surface area contributed by atoms with E-state index in [0.29, 0.717) is 17.3 Å². The van der Waals surface area contributed by atoms with E-state index in [9.17, 15) is 13.2 Å². The Balaban J connectivity index is 1.80. The van der Waals surface area contributed by atoms with Crippen LogP contribution in [0.2, 0.25) is 0 Å². The number of hydrogen-bond acceptors (Lipinski definition) is 6. The number of nitrogens with one attached hydrogen (secondary N) is 1. The first-order chi connectivity index (χ1) is 11.9. The summed E-state index contributed by atoms with van der Waals surface area (Å²) in [5.74, 6) is -0.0446. The van der Waals surface area contributed by atoms with Crippen LogP contribution in [0.15, 0.2) is 16.3 Å². The highest BCUT2D eigenvalue weighted by molar-refractivity contribution is 7.91. The first kappa shape index (κ1) is 20.3. The highest BCUT2D eigenvalue weighted by atomic mass is 32.2. The number of thiophene rings is 1. The first-order valence-electron chi connectivity index (χ1n) is 8.56. The van der Waals surface area contributed by atoms with Gasteiger partial charge in [0.2, 0.25) is 15.9 Å². The largest absolute Gasteiger partial charge is 0.379 e. The molecule has 2 rings (SSSR count). The number of carbonyl (C=O) groups is 1. The summed E-state index contributed by atoms with van der Waals surface area (Å²) in [7, 11) is -3.50. The highest BCUT2D eigenvalue weighted by Crippen LogP contribution is 2.21. The molecule has 0 saturated carbocycles. The molecule has 0 radical (unpaired) electrons. The molecule has 0 atom stereocenters. The van der Waals surface area contributed by atoms with E-state index in [1.54, 1.807) is 11.0 Å². The maximum absolute atomic E-state index is 12.3. The molecule has 0 spiro atoms. The molecule has 142 valence electrons. The van der Waals surface area contributed by atoms with Crippen LogP contribution >= 0.6 is 11.3 Å². The zero-order valence-corrected chi connectivity index (χ0v) is 16.5. The summed E-state index contributed by atoms with van der Waals surface area (Å²) in [6.07, 6.45) is 0.819. The van der Waals surface area contributed by atoms with Crippen molar-refractivity contribution in [2.75, 3.05) is 52.5 Å². The standard InChI is InChI=1S/C16H27N3O4S2/c1-3-15-4-5-16(24-15)25(21,22)17-6-7-19(14(2)20)9-8-18-10-12-23-13-11-18/h4-5,17H,3,6-13H2,1-2H3. The van der Waals surface area contributed by atoms with Gasteiger partial charge in [0.25, 0.3) is 0 Å². The zero-order valence-electron chi connectivity index (χ0n) is 14.9.